The van der Waals surface area contributed by atoms with Gasteiger partial charge in [-0.3, -0.25) is 4.79 Å². The number of carboxylic acids is 1. The van der Waals surface area contributed by atoms with Crippen molar-refractivity contribution in [3.63, 3.8) is 0 Å². The molecular formula is C23H29KO5. The molecule has 1 heterocycles. The maximum absolute atomic E-state index is 12.1. The Morgan fingerprint density at radius 2 is 2.10 bits per heavy atom. The Bertz CT molecular complexity index is 839. The number of ether oxygens (including phenoxy) is 1. The van der Waals surface area contributed by atoms with Gasteiger partial charge in [0.15, 0.2) is 5.78 Å². The fourth-order valence-electron chi connectivity index (χ4n) is 8.65. The number of carboxylic acid groups (broad SMARTS) is 1. The van der Waals surface area contributed by atoms with Crippen LogP contribution in [0.15, 0.2) is 11.6 Å². The van der Waals surface area contributed by atoms with E-state index in [2.05, 4.69) is 13.8 Å². The van der Waals surface area contributed by atoms with E-state index in [9.17, 15) is 19.8 Å². The molecule has 0 amide bonds. The van der Waals surface area contributed by atoms with Crippen LogP contribution >= 0.6 is 0 Å². The molecule has 1 spiro atoms. The van der Waals surface area contributed by atoms with Crippen LogP contribution < -0.4 is 56.5 Å². The number of ketones is 1. The van der Waals surface area contributed by atoms with Crippen LogP contribution in [0.1, 0.15) is 65.2 Å². The van der Waals surface area contributed by atoms with Crippen LogP contribution in [0, 0.1) is 34.5 Å². The Kier molecular flexibility index (Phi) is 4.60. The number of hydrogen-bond acceptors (Lipinski definition) is 5. The van der Waals surface area contributed by atoms with E-state index in [1.807, 2.05) is 6.08 Å². The number of aliphatic hydroxyl groups is 1. The summed E-state index contributed by atoms with van der Waals surface area (Å²) in [4.78, 5) is 23.2. The average Bonchev–Trinajstić information content (AvgIpc) is 3.52. The number of fused-ring (bicyclic) bond motifs is 6. The Balaban J connectivity index is 0.00000181. The number of epoxide rings is 1. The van der Waals surface area contributed by atoms with Gasteiger partial charge >= 0.3 is 51.4 Å². The molecule has 0 unspecified atom stereocenters. The molecule has 0 aromatic carbocycles. The van der Waals surface area contributed by atoms with Gasteiger partial charge in [-0.05, 0) is 74.7 Å². The summed E-state index contributed by atoms with van der Waals surface area (Å²) >= 11 is 0. The minimum Gasteiger partial charge on any atom is -0.550 e. The van der Waals surface area contributed by atoms with Gasteiger partial charge in [0.25, 0.3) is 0 Å². The third-order valence-electron chi connectivity index (χ3n) is 10.2. The smallest absolute Gasteiger partial charge is 0.550 e. The summed E-state index contributed by atoms with van der Waals surface area (Å²) in [5, 5.41) is 22.6. The molecule has 0 aromatic rings. The summed E-state index contributed by atoms with van der Waals surface area (Å²) in [6.07, 6.45) is 7.30. The zero-order valence-corrected chi connectivity index (χ0v) is 20.8. The van der Waals surface area contributed by atoms with Crippen LogP contribution in [0.2, 0.25) is 0 Å². The monoisotopic (exact) mass is 424 g/mol. The summed E-state index contributed by atoms with van der Waals surface area (Å²) in [5.41, 5.74) is -0.115. The van der Waals surface area contributed by atoms with E-state index in [0.717, 1.165) is 25.7 Å². The van der Waals surface area contributed by atoms with Crippen LogP contribution in [0.25, 0.3) is 0 Å². The third kappa shape index (κ3) is 2.43. The van der Waals surface area contributed by atoms with Gasteiger partial charge in [0, 0.05) is 23.2 Å². The zero-order valence-electron chi connectivity index (χ0n) is 17.7. The first-order chi connectivity index (χ1) is 13.2. The van der Waals surface area contributed by atoms with Crippen LogP contribution in [-0.4, -0.2) is 34.2 Å². The summed E-state index contributed by atoms with van der Waals surface area (Å²) in [5.74, 6) is 1.04. The second kappa shape index (κ2) is 6.27. The average molecular weight is 425 g/mol. The van der Waals surface area contributed by atoms with Crippen molar-refractivity contribution < 1.29 is 75.9 Å². The summed E-state index contributed by atoms with van der Waals surface area (Å²) in [6.45, 7) is 4.51. The Labute approximate surface area is 214 Å². The number of hydrogen-bond donors (Lipinski definition) is 1. The minimum atomic E-state index is -1.08. The third-order valence-corrected chi connectivity index (χ3v) is 10.2. The zero-order chi connectivity index (χ0) is 19.7. The quantitative estimate of drug-likeness (QED) is 0.453. The fourth-order valence-corrected chi connectivity index (χ4v) is 8.65. The Hall–Kier alpha value is 0.436. The number of carbonyl (C=O) groups is 2. The molecule has 5 aliphatic carbocycles. The molecule has 9 atom stereocenters. The van der Waals surface area contributed by atoms with Crippen molar-refractivity contribution in [2.75, 3.05) is 0 Å². The van der Waals surface area contributed by atoms with Crippen molar-refractivity contribution in [1.29, 1.82) is 0 Å². The second-order valence-electron chi connectivity index (χ2n) is 11.0. The van der Waals surface area contributed by atoms with Crippen molar-refractivity contribution in [2.45, 2.75) is 82.5 Å². The predicted octanol–water partition coefficient (Wildman–Crippen LogP) is -1.23. The summed E-state index contributed by atoms with van der Waals surface area (Å²) in [6, 6.07) is 0. The molecule has 5 nitrogen and oxygen atoms in total. The normalized spacial score (nSPS) is 55.9. The molecule has 6 aliphatic rings. The summed E-state index contributed by atoms with van der Waals surface area (Å²) < 4.78 is 6.60. The van der Waals surface area contributed by atoms with Gasteiger partial charge < -0.3 is 19.7 Å². The van der Waals surface area contributed by atoms with Crippen molar-refractivity contribution in [1.82, 2.24) is 0 Å². The van der Waals surface area contributed by atoms with E-state index >= 15 is 0 Å². The van der Waals surface area contributed by atoms with Gasteiger partial charge in [0.05, 0.1) is 11.7 Å². The SMILES string of the molecule is C[C@]12CCC(=O)C=C1[C@@H]1C[C@@H]1[C@H]1[C@@H]3CC[C@@](O)(CCC(=O)[O-])[C@@]3(C)C[C@H]3O[C@@]132.[K+]. The topological polar surface area (TPSA) is 90.0 Å². The predicted molar refractivity (Wildman–Crippen MR) is 97.8 cm³/mol. The Morgan fingerprint density at radius 1 is 1.34 bits per heavy atom. The molecular weight excluding hydrogens is 395 g/mol. The van der Waals surface area contributed by atoms with Gasteiger partial charge in [-0.1, -0.05) is 19.4 Å². The van der Waals surface area contributed by atoms with Crippen molar-refractivity contribution in [3.05, 3.63) is 11.6 Å². The molecule has 1 saturated heterocycles. The standard InChI is InChI=1S/C23H30O5.K/c1-20-6-3-12(24)9-16(20)13-10-14(13)19-15-4-7-22(27,8-5-18(25)26)21(15,2)11-17-23(19,20)28-17;/h9,13-15,17,19,27H,3-8,10-11H2,1-2H3,(H,25,26);/q;+1/p-1/t13-,14+,15+,17-,19+,20+,21+,22-,23-;/m1./s1. The van der Waals surface area contributed by atoms with Crippen LogP contribution in [0.3, 0.4) is 0 Å². The van der Waals surface area contributed by atoms with Crippen LogP contribution in [-0.2, 0) is 14.3 Å². The molecule has 152 valence electrons. The van der Waals surface area contributed by atoms with Crippen molar-refractivity contribution >= 4 is 11.8 Å². The number of carbonyl (C=O) groups excluding carboxylic acids is 2. The van der Waals surface area contributed by atoms with E-state index in [1.54, 1.807) is 0 Å². The van der Waals surface area contributed by atoms with E-state index in [-0.39, 0.29) is 92.5 Å². The molecule has 1 aliphatic heterocycles. The van der Waals surface area contributed by atoms with Gasteiger partial charge in [0.1, 0.15) is 5.60 Å². The molecule has 4 saturated carbocycles. The molecule has 5 fully saturated rings. The first kappa shape index (κ1) is 21.3. The van der Waals surface area contributed by atoms with Gasteiger partial charge in [-0.25, -0.2) is 0 Å². The molecule has 6 rings (SSSR count). The molecule has 0 bridgehead atoms. The molecule has 29 heavy (non-hydrogen) atoms. The van der Waals surface area contributed by atoms with Crippen LogP contribution in [0.4, 0.5) is 0 Å². The van der Waals surface area contributed by atoms with Crippen LogP contribution in [0.5, 0.6) is 0 Å². The first-order valence-electron chi connectivity index (χ1n) is 11.0. The van der Waals surface area contributed by atoms with E-state index in [0.29, 0.717) is 36.5 Å². The minimum absolute atomic E-state index is 0. The van der Waals surface area contributed by atoms with E-state index < -0.39 is 11.6 Å². The second-order valence-corrected chi connectivity index (χ2v) is 11.0. The maximum Gasteiger partial charge on any atom is 1.00 e. The largest absolute Gasteiger partial charge is 1.00 e. The van der Waals surface area contributed by atoms with Crippen molar-refractivity contribution in [3.8, 4) is 0 Å². The van der Waals surface area contributed by atoms with E-state index in [1.165, 1.54) is 5.57 Å². The summed E-state index contributed by atoms with van der Waals surface area (Å²) in [7, 11) is 0. The fraction of sp³-hybridized carbons (Fsp3) is 0.826. The van der Waals surface area contributed by atoms with Gasteiger partial charge in [-0.15, -0.1) is 0 Å². The van der Waals surface area contributed by atoms with Gasteiger partial charge in [0.2, 0.25) is 0 Å². The molecule has 0 aromatic heterocycles. The van der Waals surface area contributed by atoms with Crippen molar-refractivity contribution in [2.24, 2.45) is 34.5 Å². The van der Waals surface area contributed by atoms with E-state index in [4.69, 9.17) is 4.74 Å². The maximum atomic E-state index is 12.1. The van der Waals surface area contributed by atoms with Gasteiger partial charge in [-0.2, -0.15) is 0 Å². The molecule has 0 radical (unpaired) electrons. The number of aliphatic carboxylic acids is 1. The first-order valence-corrected chi connectivity index (χ1v) is 11.0. The number of rotatable bonds is 3. The molecule has 6 heteroatoms. The Morgan fingerprint density at radius 3 is 2.83 bits per heavy atom. The molecule has 1 N–H and O–H groups in total.